The maximum Gasteiger partial charge on any atom is 0.278 e. The summed E-state index contributed by atoms with van der Waals surface area (Å²) in [5, 5.41) is 0. The van der Waals surface area contributed by atoms with Gasteiger partial charge in [0.05, 0.1) is 30.5 Å². The second kappa shape index (κ2) is 7.92. The van der Waals surface area contributed by atoms with Gasteiger partial charge in [0, 0.05) is 12.3 Å². The fourth-order valence-electron chi connectivity index (χ4n) is 4.38. The maximum atomic E-state index is 13.1. The summed E-state index contributed by atoms with van der Waals surface area (Å²) < 4.78 is 9.72. The molecule has 0 radical (unpaired) electrons. The van der Waals surface area contributed by atoms with Crippen LogP contribution in [0, 0.1) is 0 Å². The van der Waals surface area contributed by atoms with Crippen molar-refractivity contribution in [1.29, 1.82) is 0 Å². The van der Waals surface area contributed by atoms with Gasteiger partial charge < -0.3 is 4.74 Å². The average molecular weight is 427 g/mol. The number of aromatic nitrogens is 3. The molecule has 4 aromatic rings. The molecule has 7 nitrogen and oxygen atoms in total. The van der Waals surface area contributed by atoms with Gasteiger partial charge in [0.15, 0.2) is 11.0 Å². The summed E-state index contributed by atoms with van der Waals surface area (Å²) in [6, 6.07) is 18.7. The number of imidazole rings is 1. The molecule has 0 saturated heterocycles. The fourth-order valence-corrected chi connectivity index (χ4v) is 4.38. The topological polar surface area (TPSA) is 68.3 Å². The van der Waals surface area contributed by atoms with E-state index in [1.165, 1.54) is 4.90 Å². The number of rotatable bonds is 6. The van der Waals surface area contributed by atoms with Crippen molar-refractivity contribution in [1.82, 2.24) is 14.5 Å². The maximum absolute atomic E-state index is 13.1. The van der Waals surface area contributed by atoms with E-state index in [1.54, 1.807) is 37.6 Å². The molecule has 0 atom stereocenters. The number of imide groups is 1. The smallest absolute Gasteiger partial charge is 0.278 e. The van der Waals surface area contributed by atoms with E-state index in [1.807, 2.05) is 36.4 Å². The quantitative estimate of drug-likeness (QED) is 0.350. The molecule has 0 spiro atoms. The number of carbonyl (C=O) groups excluding carboxylic acids is 2. The monoisotopic (exact) mass is 427 g/mol. The summed E-state index contributed by atoms with van der Waals surface area (Å²) >= 11 is 0. The van der Waals surface area contributed by atoms with Gasteiger partial charge in [-0.2, -0.15) is 0 Å². The molecule has 32 heavy (non-hydrogen) atoms. The summed E-state index contributed by atoms with van der Waals surface area (Å²) in [5.74, 6) is 1.07. The fraction of sp³-hybridized carbons (Fsp3) is 0.200. The van der Waals surface area contributed by atoms with Gasteiger partial charge in [0.2, 0.25) is 0 Å². The number of hydrogen-bond acceptors (Lipinski definition) is 4. The van der Waals surface area contributed by atoms with E-state index in [4.69, 9.17) is 4.74 Å². The Bertz CT molecular complexity index is 1310. The van der Waals surface area contributed by atoms with E-state index in [-0.39, 0.29) is 18.4 Å². The second-order valence-corrected chi connectivity index (χ2v) is 7.66. The normalized spacial score (nSPS) is 13.1. The molecule has 7 heteroatoms. The lowest BCUT2D eigenvalue weighted by Crippen LogP contribution is -2.42. The number of fused-ring (bicyclic) bond motifs is 2. The molecule has 3 heterocycles. The van der Waals surface area contributed by atoms with Crippen LogP contribution in [-0.2, 0) is 19.6 Å². The third kappa shape index (κ3) is 3.13. The minimum absolute atomic E-state index is 0.171. The number of methoxy groups -OCH3 is 1. The van der Waals surface area contributed by atoms with Crippen molar-refractivity contribution in [2.45, 2.75) is 26.6 Å². The van der Waals surface area contributed by atoms with Crippen LogP contribution >= 0.6 is 0 Å². The van der Waals surface area contributed by atoms with Gasteiger partial charge in [0.25, 0.3) is 17.6 Å². The molecular formula is C25H23N4O3+. The highest BCUT2D eigenvalue weighted by atomic mass is 16.5. The van der Waals surface area contributed by atoms with Crippen molar-refractivity contribution in [3.8, 4) is 5.75 Å². The van der Waals surface area contributed by atoms with Gasteiger partial charge in [0.1, 0.15) is 18.8 Å². The predicted octanol–water partition coefficient (Wildman–Crippen LogP) is 3.20. The molecule has 1 aliphatic rings. The first kappa shape index (κ1) is 19.9. The Balaban J connectivity index is 1.65. The van der Waals surface area contributed by atoms with Crippen LogP contribution in [0.25, 0.3) is 11.0 Å². The average Bonchev–Trinajstić information content (AvgIpc) is 3.26. The molecule has 0 saturated carbocycles. The molecule has 0 unspecified atom stereocenters. The Labute approximate surface area is 185 Å². The zero-order valence-corrected chi connectivity index (χ0v) is 18.0. The van der Waals surface area contributed by atoms with Crippen LogP contribution in [0.3, 0.4) is 0 Å². The zero-order valence-electron chi connectivity index (χ0n) is 18.0. The Morgan fingerprint density at radius 3 is 2.28 bits per heavy atom. The highest BCUT2D eigenvalue weighted by Gasteiger charge is 2.38. The SMILES string of the molecule is CC[n+]1c(CN2C(=O)c3ccccc3C2=O)n(Cc2ccccn2)c2cc(OC)ccc21. The second-order valence-electron chi connectivity index (χ2n) is 7.66. The number of nitrogens with zero attached hydrogens (tertiary/aromatic N) is 4. The van der Waals surface area contributed by atoms with Crippen LogP contribution in [0.15, 0.2) is 66.9 Å². The third-order valence-electron chi connectivity index (χ3n) is 5.93. The van der Waals surface area contributed by atoms with E-state index in [9.17, 15) is 9.59 Å². The molecule has 2 aromatic carbocycles. The molecule has 1 aliphatic heterocycles. The summed E-state index contributed by atoms with van der Waals surface area (Å²) in [6.07, 6.45) is 1.76. The van der Waals surface area contributed by atoms with Crippen LogP contribution in [-0.4, -0.2) is 33.4 Å². The zero-order chi connectivity index (χ0) is 22.2. The minimum atomic E-state index is -0.263. The highest BCUT2D eigenvalue weighted by molar-refractivity contribution is 6.21. The summed E-state index contributed by atoms with van der Waals surface area (Å²) in [6.45, 7) is 3.43. The lowest BCUT2D eigenvalue weighted by atomic mass is 10.1. The first-order valence-corrected chi connectivity index (χ1v) is 10.6. The summed E-state index contributed by atoms with van der Waals surface area (Å²) in [7, 11) is 1.64. The Morgan fingerprint density at radius 2 is 1.66 bits per heavy atom. The first-order chi connectivity index (χ1) is 15.6. The number of carbonyl (C=O) groups is 2. The Kier molecular flexibility index (Phi) is 4.93. The Morgan fingerprint density at radius 1 is 0.938 bits per heavy atom. The number of amides is 2. The largest absolute Gasteiger partial charge is 0.497 e. The molecule has 2 amide bonds. The standard InChI is InChI=1S/C25H23N4O3/c1-3-27-21-12-11-18(32-2)14-22(21)28(15-17-8-6-7-13-26-17)23(27)16-29-24(30)19-9-4-5-10-20(19)25(29)31/h4-14H,3,15-16H2,1-2H3/q+1. The van der Waals surface area contributed by atoms with Gasteiger partial charge >= 0.3 is 0 Å². The van der Waals surface area contributed by atoms with E-state index >= 15 is 0 Å². The van der Waals surface area contributed by atoms with E-state index < -0.39 is 0 Å². The van der Waals surface area contributed by atoms with Gasteiger partial charge in [-0.15, -0.1) is 0 Å². The number of ether oxygens (including phenoxy) is 1. The molecule has 0 bridgehead atoms. The van der Waals surface area contributed by atoms with Crippen molar-refractivity contribution < 1.29 is 18.9 Å². The lowest BCUT2D eigenvalue weighted by Gasteiger charge is -2.13. The summed E-state index contributed by atoms with van der Waals surface area (Å²) in [5.41, 5.74) is 3.77. The van der Waals surface area contributed by atoms with Gasteiger partial charge in [-0.25, -0.2) is 9.13 Å². The van der Waals surface area contributed by atoms with Crippen molar-refractivity contribution in [3.63, 3.8) is 0 Å². The van der Waals surface area contributed by atoms with Crippen molar-refractivity contribution in [3.05, 3.63) is 89.5 Å². The van der Waals surface area contributed by atoms with E-state index in [0.717, 1.165) is 28.3 Å². The molecule has 0 aliphatic carbocycles. The number of pyridine rings is 1. The minimum Gasteiger partial charge on any atom is -0.497 e. The van der Waals surface area contributed by atoms with Gasteiger partial charge in [-0.1, -0.05) is 18.2 Å². The van der Waals surface area contributed by atoms with Crippen molar-refractivity contribution in [2.75, 3.05) is 7.11 Å². The summed E-state index contributed by atoms with van der Waals surface area (Å²) in [4.78, 5) is 31.9. The molecule has 5 rings (SSSR count). The number of benzene rings is 2. The lowest BCUT2D eigenvalue weighted by molar-refractivity contribution is -0.677. The van der Waals surface area contributed by atoms with Crippen LogP contribution in [0.1, 0.15) is 39.2 Å². The molecule has 0 N–H and O–H groups in total. The molecule has 160 valence electrons. The Hall–Kier alpha value is -4.00. The van der Waals surface area contributed by atoms with Crippen LogP contribution in [0.4, 0.5) is 0 Å². The highest BCUT2D eigenvalue weighted by Crippen LogP contribution is 2.27. The molecule has 2 aromatic heterocycles. The third-order valence-corrected chi connectivity index (χ3v) is 5.93. The predicted molar refractivity (Wildman–Crippen MR) is 118 cm³/mol. The van der Waals surface area contributed by atoms with Crippen LogP contribution in [0.5, 0.6) is 5.75 Å². The molecular weight excluding hydrogens is 404 g/mol. The van der Waals surface area contributed by atoms with Crippen molar-refractivity contribution >= 4 is 22.8 Å². The molecule has 0 fully saturated rings. The van der Waals surface area contributed by atoms with E-state index in [0.29, 0.717) is 24.2 Å². The van der Waals surface area contributed by atoms with Crippen LogP contribution in [0.2, 0.25) is 0 Å². The van der Waals surface area contributed by atoms with Gasteiger partial charge in [-0.05, 0) is 43.3 Å². The number of aryl methyl sites for hydroxylation is 1. The van der Waals surface area contributed by atoms with Gasteiger partial charge in [-0.3, -0.25) is 19.5 Å². The van der Waals surface area contributed by atoms with Crippen LogP contribution < -0.4 is 9.30 Å². The first-order valence-electron chi connectivity index (χ1n) is 10.6. The van der Waals surface area contributed by atoms with E-state index in [2.05, 4.69) is 21.0 Å². The van der Waals surface area contributed by atoms with Crippen molar-refractivity contribution in [2.24, 2.45) is 0 Å². The number of hydrogen-bond donors (Lipinski definition) is 0.